The second-order valence-electron chi connectivity index (χ2n) is 8.05. The molecule has 1 aliphatic heterocycles. The Labute approximate surface area is 132 Å². The molecule has 2 nitrogen and oxygen atoms in total. The lowest BCUT2D eigenvalue weighted by atomic mass is 9.78. The maximum absolute atomic E-state index is 3.99. The summed E-state index contributed by atoms with van der Waals surface area (Å²) in [4.78, 5) is 2.88. The molecule has 1 unspecified atom stereocenters. The molecule has 0 bridgehead atoms. The quantitative estimate of drug-likeness (QED) is 0.810. The van der Waals surface area contributed by atoms with Crippen molar-refractivity contribution in [3.63, 3.8) is 0 Å². The van der Waals surface area contributed by atoms with Gasteiger partial charge in [0.2, 0.25) is 0 Å². The highest BCUT2D eigenvalue weighted by atomic mass is 15.2. The molecule has 1 atom stereocenters. The lowest BCUT2D eigenvalue weighted by molar-refractivity contribution is 0.0303. The third kappa shape index (κ3) is 3.82. The minimum Gasteiger partial charge on any atom is -0.312 e. The van der Waals surface area contributed by atoms with Gasteiger partial charge in [-0.2, -0.15) is 0 Å². The van der Waals surface area contributed by atoms with Crippen LogP contribution in [-0.2, 0) is 0 Å². The smallest absolute Gasteiger partial charge is 0.0334 e. The standard InChI is InChI=1S/C19H36N2/c1-17(18-10-4-5-11-18)20-16-19(12-6-2-7-13-19)21-14-8-3-9-15-21/h17-18,20H,2-16H2,1H3. The van der Waals surface area contributed by atoms with Crippen LogP contribution in [0.4, 0.5) is 0 Å². The fourth-order valence-corrected chi connectivity index (χ4v) is 5.16. The van der Waals surface area contributed by atoms with Crippen LogP contribution in [0.3, 0.4) is 0 Å². The zero-order valence-corrected chi connectivity index (χ0v) is 14.2. The van der Waals surface area contributed by atoms with Crippen molar-refractivity contribution in [2.24, 2.45) is 5.92 Å². The molecule has 0 radical (unpaired) electrons. The molecule has 2 heteroatoms. The third-order valence-electron chi connectivity index (χ3n) is 6.67. The fourth-order valence-electron chi connectivity index (χ4n) is 5.16. The maximum Gasteiger partial charge on any atom is 0.0334 e. The van der Waals surface area contributed by atoms with Crippen molar-refractivity contribution in [2.45, 2.75) is 95.6 Å². The Morgan fingerprint density at radius 3 is 2.19 bits per heavy atom. The molecular formula is C19H36N2. The van der Waals surface area contributed by atoms with Crippen LogP contribution >= 0.6 is 0 Å². The van der Waals surface area contributed by atoms with Gasteiger partial charge >= 0.3 is 0 Å². The number of piperidine rings is 1. The second kappa shape index (κ2) is 7.46. The van der Waals surface area contributed by atoms with Crippen LogP contribution in [0.25, 0.3) is 0 Å². The molecule has 0 aromatic heterocycles. The van der Waals surface area contributed by atoms with Crippen LogP contribution in [0, 0.1) is 5.92 Å². The summed E-state index contributed by atoms with van der Waals surface area (Å²) in [5, 5.41) is 3.99. The highest BCUT2D eigenvalue weighted by molar-refractivity contribution is 4.97. The van der Waals surface area contributed by atoms with Gasteiger partial charge in [-0.1, -0.05) is 38.5 Å². The zero-order valence-electron chi connectivity index (χ0n) is 14.2. The number of likely N-dealkylation sites (tertiary alicyclic amines) is 1. The summed E-state index contributed by atoms with van der Waals surface area (Å²) in [5.74, 6) is 0.951. The summed E-state index contributed by atoms with van der Waals surface area (Å²) in [7, 11) is 0. The van der Waals surface area contributed by atoms with Crippen molar-refractivity contribution < 1.29 is 0 Å². The Kier molecular flexibility index (Phi) is 5.61. The van der Waals surface area contributed by atoms with Crippen LogP contribution in [0.2, 0.25) is 0 Å². The second-order valence-corrected chi connectivity index (χ2v) is 8.05. The van der Waals surface area contributed by atoms with Crippen LogP contribution in [-0.4, -0.2) is 36.1 Å². The van der Waals surface area contributed by atoms with E-state index in [1.165, 1.54) is 96.7 Å². The predicted molar refractivity (Wildman–Crippen MR) is 90.7 cm³/mol. The lowest BCUT2D eigenvalue weighted by Crippen LogP contribution is -2.58. The van der Waals surface area contributed by atoms with E-state index < -0.39 is 0 Å². The Morgan fingerprint density at radius 2 is 1.52 bits per heavy atom. The SMILES string of the molecule is CC(NCC1(N2CCCCC2)CCCCC1)C1CCCC1. The molecule has 21 heavy (non-hydrogen) atoms. The normalized spacial score (nSPS) is 29.6. The molecule has 2 saturated carbocycles. The summed E-state index contributed by atoms with van der Waals surface area (Å²) >= 11 is 0. The first-order valence-electron chi connectivity index (χ1n) is 9.79. The molecule has 3 aliphatic rings. The van der Waals surface area contributed by atoms with Crippen molar-refractivity contribution >= 4 is 0 Å². The van der Waals surface area contributed by atoms with E-state index >= 15 is 0 Å². The van der Waals surface area contributed by atoms with Crippen molar-refractivity contribution in [1.82, 2.24) is 10.2 Å². The van der Waals surface area contributed by atoms with Crippen LogP contribution < -0.4 is 5.32 Å². The molecule has 1 N–H and O–H groups in total. The van der Waals surface area contributed by atoms with E-state index in [0.29, 0.717) is 5.54 Å². The van der Waals surface area contributed by atoms with E-state index in [4.69, 9.17) is 0 Å². The zero-order chi connectivity index (χ0) is 14.5. The highest BCUT2D eigenvalue weighted by Crippen LogP contribution is 2.36. The van der Waals surface area contributed by atoms with Gasteiger partial charge in [-0.3, -0.25) is 4.90 Å². The molecule has 0 spiro atoms. The number of nitrogens with one attached hydrogen (secondary N) is 1. The van der Waals surface area contributed by atoms with E-state index in [0.717, 1.165) is 12.0 Å². The van der Waals surface area contributed by atoms with Gasteiger partial charge in [-0.25, -0.2) is 0 Å². The predicted octanol–water partition coefficient (Wildman–Crippen LogP) is 4.34. The lowest BCUT2D eigenvalue weighted by Gasteiger charge is -2.49. The largest absolute Gasteiger partial charge is 0.312 e. The van der Waals surface area contributed by atoms with Gasteiger partial charge in [0, 0.05) is 18.1 Å². The Hall–Kier alpha value is -0.0800. The molecule has 0 aromatic carbocycles. The van der Waals surface area contributed by atoms with Crippen molar-refractivity contribution in [1.29, 1.82) is 0 Å². The minimum absolute atomic E-state index is 0.505. The monoisotopic (exact) mass is 292 g/mol. The number of rotatable bonds is 5. The average molecular weight is 293 g/mol. The van der Waals surface area contributed by atoms with E-state index in [1.54, 1.807) is 0 Å². The van der Waals surface area contributed by atoms with Gasteiger partial charge in [0.1, 0.15) is 0 Å². The molecule has 3 rings (SSSR count). The van der Waals surface area contributed by atoms with Gasteiger partial charge in [0.05, 0.1) is 0 Å². The molecular weight excluding hydrogens is 256 g/mol. The van der Waals surface area contributed by atoms with Crippen molar-refractivity contribution in [3.05, 3.63) is 0 Å². The summed E-state index contributed by atoms with van der Waals surface area (Å²) < 4.78 is 0. The van der Waals surface area contributed by atoms with Gasteiger partial charge in [-0.05, 0) is 64.5 Å². The van der Waals surface area contributed by atoms with Gasteiger partial charge < -0.3 is 5.32 Å². The van der Waals surface area contributed by atoms with Crippen molar-refractivity contribution in [3.8, 4) is 0 Å². The van der Waals surface area contributed by atoms with E-state index in [1.807, 2.05) is 0 Å². The van der Waals surface area contributed by atoms with Crippen molar-refractivity contribution in [2.75, 3.05) is 19.6 Å². The average Bonchev–Trinajstić information content (AvgIpc) is 3.09. The number of nitrogens with zero attached hydrogens (tertiary/aromatic N) is 1. The van der Waals surface area contributed by atoms with E-state index in [2.05, 4.69) is 17.1 Å². The van der Waals surface area contributed by atoms with E-state index in [9.17, 15) is 0 Å². The summed E-state index contributed by atoms with van der Waals surface area (Å²) in [6.07, 6.45) is 17.4. The van der Waals surface area contributed by atoms with Gasteiger partial charge in [-0.15, -0.1) is 0 Å². The van der Waals surface area contributed by atoms with Crippen LogP contribution in [0.15, 0.2) is 0 Å². The first kappa shape index (κ1) is 15.8. The molecule has 1 heterocycles. The highest BCUT2D eigenvalue weighted by Gasteiger charge is 2.38. The van der Waals surface area contributed by atoms with E-state index in [-0.39, 0.29) is 0 Å². The molecule has 0 amide bonds. The summed E-state index contributed by atoms with van der Waals surface area (Å²) in [6.45, 7) is 6.42. The summed E-state index contributed by atoms with van der Waals surface area (Å²) in [6, 6.07) is 0.732. The first-order valence-corrected chi connectivity index (χ1v) is 9.79. The maximum atomic E-state index is 3.99. The third-order valence-corrected chi connectivity index (χ3v) is 6.67. The minimum atomic E-state index is 0.505. The Bertz CT molecular complexity index is 297. The van der Waals surface area contributed by atoms with Crippen LogP contribution in [0.5, 0.6) is 0 Å². The molecule has 1 saturated heterocycles. The topological polar surface area (TPSA) is 15.3 Å². The number of hydrogen-bond acceptors (Lipinski definition) is 2. The molecule has 0 aromatic rings. The molecule has 3 fully saturated rings. The van der Waals surface area contributed by atoms with Gasteiger partial charge in [0.15, 0.2) is 0 Å². The Balaban J connectivity index is 1.58. The van der Waals surface area contributed by atoms with Gasteiger partial charge in [0.25, 0.3) is 0 Å². The summed E-state index contributed by atoms with van der Waals surface area (Å²) in [5.41, 5.74) is 0.505. The Morgan fingerprint density at radius 1 is 0.905 bits per heavy atom. The molecule has 2 aliphatic carbocycles. The molecule has 122 valence electrons. The fraction of sp³-hybridized carbons (Fsp3) is 1.00. The first-order chi connectivity index (χ1) is 10.3. The number of hydrogen-bond donors (Lipinski definition) is 1. The van der Waals surface area contributed by atoms with Crippen LogP contribution in [0.1, 0.15) is 84.0 Å².